The van der Waals surface area contributed by atoms with E-state index in [1.54, 1.807) is 10.7 Å². The molecular weight excluding hydrogens is 230 g/mol. The third-order valence-corrected chi connectivity index (χ3v) is 3.62. The fourth-order valence-electron chi connectivity index (χ4n) is 2.53. The van der Waals surface area contributed by atoms with E-state index in [1.807, 2.05) is 6.20 Å². The maximum atomic E-state index is 6.01. The second-order valence-electron chi connectivity index (χ2n) is 4.92. The summed E-state index contributed by atoms with van der Waals surface area (Å²) in [5, 5.41) is 11.6. The molecule has 2 unspecified atom stereocenters. The summed E-state index contributed by atoms with van der Waals surface area (Å²) >= 11 is 0. The Bertz CT molecular complexity index is 535. The standard InChI is InChI=1S/C11H17N7/c1-8(12)9-3-2-4-17(7-9)11-6-13-5-10-14-15-16-18(10)11/h5-6,8-9H,2-4,7,12H2,1H3. The molecule has 0 bridgehead atoms. The Morgan fingerprint density at radius 1 is 1.44 bits per heavy atom. The van der Waals surface area contributed by atoms with Crippen molar-refractivity contribution in [2.75, 3.05) is 18.0 Å². The van der Waals surface area contributed by atoms with E-state index < -0.39 is 0 Å². The molecular formula is C11H17N7. The van der Waals surface area contributed by atoms with Crippen LogP contribution >= 0.6 is 0 Å². The van der Waals surface area contributed by atoms with Gasteiger partial charge in [-0.1, -0.05) is 0 Å². The summed E-state index contributed by atoms with van der Waals surface area (Å²) in [6.07, 6.45) is 5.81. The van der Waals surface area contributed by atoms with E-state index >= 15 is 0 Å². The molecule has 2 aromatic heterocycles. The Morgan fingerprint density at radius 2 is 2.33 bits per heavy atom. The van der Waals surface area contributed by atoms with Gasteiger partial charge in [0.1, 0.15) is 0 Å². The van der Waals surface area contributed by atoms with Crippen molar-refractivity contribution in [2.24, 2.45) is 11.7 Å². The minimum Gasteiger partial charge on any atom is -0.355 e. The van der Waals surface area contributed by atoms with Crippen LogP contribution in [0.1, 0.15) is 19.8 Å². The molecule has 7 nitrogen and oxygen atoms in total. The monoisotopic (exact) mass is 247 g/mol. The number of nitrogens with zero attached hydrogens (tertiary/aromatic N) is 6. The average Bonchev–Trinajstić information content (AvgIpc) is 2.87. The first-order valence-corrected chi connectivity index (χ1v) is 6.28. The number of rotatable bonds is 2. The number of aromatic nitrogens is 5. The number of piperidine rings is 1. The van der Waals surface area contributed by atoms with Crippen LogP contribution in [-0.4, -0.2) is 44.2 Å². The zero-order chi connectivity index (χ0) is 12.5. The van der Waals surface area contributed by atoms with Crippen molar-refractivity contribution in [1.29, 1.82) is 0 Å². The molecule has 7 heteroatoms. The molecule has 3 heterocycles. The molecule has 3 rings (SSSR count). The summed E-state index contributed by atoms with van der Waals surface area (Å²) in [5.74, 6) is 1.47. The Morgan fingerprint density at radius 3 is 3.17 bits per heavy atom. The number of hydrogen-bond acceptors (Lipinski definition) is 6. The van der Waals surface area contributed by atoms with E-state index in [4.69, 9.17) is 5.73 Å². The normalized spacial score (nSPS) is 22.3. The second-order valence-corrected chi connectivity index (χ2v) is 4.92. The van der Waals surface area contributed by atoms with Gasteiger partial charge in [0.2, 0.25) is 0 Å². The molecule has 2 atom stereocenters. The van der Waals surface area contributed by atoms with Crippen LogP contribution in [0.2, 0.25) is 0 Å². The van der Waals surface area contributed by atoms with Crippen LogP contribution in [0.15, 0.2) is 12.4 Å². The fraction of sp³-hybridized carbons (Fsp3) is 0.636. The summed E-state index contributed by atoms with van der Waals surface area (Å²) in [5.41, 5.74) is 6.69. The predicted molar refractivity (Wildman–Crippen MR) is 67.2 cm³/mol. The second kappa shape index (κ2) is 4.49. The molecule has 1 aliphatic rings. The number of nitrogens with two attached hydrogens (primary N) is 1. The Kier molecular flexibility index (Phi) is 2.83. The van der Waals surface area contributed by atoms with Crippen molar-refractivity contribution in [1.82, 2.24) is 25.0 Å². The van der Waals surface area contributed by atoms with Gasteiger partial charge in [-0.2, -0.15) is 4.52 Å². The molecule has 1 saturated heterocycles. The largest absolute Gasteiger partial charge is 0.355 e. The lowest BCUT2D eigenvalue weighted by molar-refractivity contribution is 0.362. The molecule has 0 spiro atoms. The van der Waals surface area contributed by atoms with Crippen molar-refractivity contribution < 1.29 is 0 Å². The minimum atomic E-state index is 0.217. The first kappa shape index (κ1) is 11.3. The van der Waals surface area contributed by atoms with Gasteiger partial charge in [0, 0.05) is 19.1 Å². The van der Waals surface area contributed by atoms with Crippen LogP contribution < -0.4 is 10.6 Å². The first-order chi connectivity index (χ1) is 8.75. The molecule has 1 fully saturated rings. The highest BCUT2D eigenvalue weighted by molar-refractivity contribution is 5.46. The third-order valence-electron chi connectivity index (χ3n) is 3.62. The van der Waals surface area contributed by atoms with Crippen molar-refractivity contribution in [2.45, 2.75) is 25.8 Å². The van der Waals surface area contributed by atoms with Crippen molar-refractivity contribution >= 4 is 11.5 Å². The molecule has 0 amide bonds. The summed E-state index contributed by atoms with van der Waals surface area (Å²) < 4.78 is 1.73. The number of hydrogen-bond donors (Lipinski definition) is 1. The molecule has 0 aliphatic carbocycles. The zero-order valence-electron chi connectivity index (χ0n) is 10.4. The van der Waals surface area contributed by atoms with Crippen LogP contribution in [0.4, 0.5) is 5.82 Å². The van der Waals surface area contributed by atoms with Crippen LogP contribution in [0.25, 0.3) is 5.65 Å². The van der Waals surface area contributed by atoms with E-state index in [0.717, 1.165) is 25.3 Å². The lowest BCUT2D eigenvalue weighted by Gasteiger charge is -2.35. The number of anilines is 1. The quantitative estimate of drug-likeness (QED) is 0.809. The van der Waals surface area contributed by atoms with Crippen LogP contribution in [0.3, 0.4) is 0 Å². The van der Waals surface area contributed by atoms with Crippen LogP contribution in [0.5, 0.6) is 0 Å². The van der Waals surface area contributed by atoms with Gasteiger partial charge in [0.25, 0.3) is 0 Å². The minimum absolute atomic E-state index is 0.217. The lowest BCUT2D eigenvalue weighted by atomic mass is 9.92. The van der Waals surface area contributed by atoms with Crippen molar-refractivity contribution in [3.05, 3.63) is 12.4 Å². The Hall–Kier alpha value is -1.76. The molecule has 0 saturated carbocycles. The van der Waals surface area contributed by atoms with Gasteiger partial charge >= 0.3 is 0 Å². The van der Waals surface area contributed by atoms with Gasteiger partial charge in [-0.25, -0.2) is 0 Å². The highest BCUT2D eigenvalue weighted by Crippen LogP contribution is 2.23. The van der Waals surface area contributed by atoms with Crippen molar-refractivity contribution in [3.63, 3.8) is 0 Å². The van der Waals surface area contributed by atoms with Gasteiger partial charge in [-0.15, -0.1) is 5.10 Å². The fourth-order valence-corrected chi connectivity index (χ4v) is 2.53. The van der Waals surface area contributed by atoms with E-state index in [1.165, 1.54) is 6.42 Å². The SMILES string of the molecule is CC(N)C1CCCN(c2cncc3nnnn23)C1. The predicted octanol–water partition coefficient (Wildman–Crippen LogP) is 0.0829. The molecule has 2 N–H and O–H groups in total. The van der Waals surface area contributed by atoms with Crippen molar-refractivity contribution in [3.8, 4) is 0 Å². The summed E-state index contributed by atoms with van der Waals surface area (Å²) in [4.78, 5) is 6.47. The van der Waals surface area contributed by atoms with E-state index in [2.05, 4.69) is 32.3 Å². The van der Waals surface area contributed by atoms with E-state index in [-0.39, 0.29) is 6.04 Å². The molecule has 0 radical (unpaired) electrons. The van der Waals surface area contributed by atoms with Gasteiger partial charge in [-0.05, 0) is 36.1 Å². The van der Waals surface area contributed by atoms with Gasteiger partial charge < -0.3 is 10.6 Å². The average molecular weight is 247 g/mol. The Labute approximate surface area is 105 Å². The topological polar surface area (TPSA) is 85.2 Å². The van der Waals surface area contributed by atoms with E-state index in [9.17, 15) is 0 Å². The third kappa shape index (κ3) is 1.90. The maximum absolute atomic E-state index is 6.01. The molecule has 2 aromatic rings. The molecule has 0 aromatic carbocycles. The highest BCUT2D eigenvalue weighted by atomic mass is 15.5. The lowest BCUT2D eigenvalue weighted by Crippen LogP contribution is -2.43. The van der Waals surface area contributed by atoms with Gasteiger partial charge in [0.05, 0.1) is 12.4 Å². The molecule has 18 heavy (non-hydrogen) atoms. The zero-order valence-corrected chi connectivity index (χ0v) is 10.4. The van der Waals surface area contributed by atoms with E-state index in [0.29, 0.717) is 11.6 Å². The number of tetrazole rings is 1. The summed E-state index contributed by atoms with van der Waals surface area (Å²) in [6.45, 7) is 4.02. The van der Waals surface area contributed by atoms with Crippen LogP contribution in [-0.2, 0) is 0 Å². The Balaban J connectivity index is 1.92. The summed E-state index contributed by atoms with van der Waals surface area (Å²) in [7, 11) is 0. The molecule has 96 valence electrons. The molecule has 1 aliphatic heterocycles. The summed E-state index contributed by atoms with van der Waals surface area (Å²) in [6, 6.07) is 0.217. The van der Waals surface area contributed by atoms with Gasteiger partial charge in [0.15, 0.2) is 11.5 Å². The smallest absolute Gasteiger partial charge is 0.199 e. The first-order valence-electron chi connectivity index (χ1n) is 6.28. The highest BCUT2D eigenvalue weighted by Gasteiger charge is 2.24. The van der Waals surface area contributed by atoms with Crippen LogP contribution in [0, 0.1) is 5.92 Å². The maximum Gasteiger partial charge on any atom is 0.199 e. The number of fused-ring (bicyclic) bond motifs is 1. The van der Waals surface area contributed by atoms with Gasteiger partial charge in [-0.3, -0.25) is 4.98 Å².